The first kappa shape index (κ1) is 21.0. The number of carbonyl (C=O) groups excluding carboxylic acids is 1. The number of rotatable bonds is 6. The van der Waals surface area contributed by atoms with Crippen LogP contribution in [0.4, 0.5) is 0 Å². The summed E-state index contributed by atoms with van der Waals surface area (Å²) in [5.41, 5.74) is 6.17. The molecule has 4 nitrogen and oxygen atoms in total. The third-order valence-corrected chi connectivity index (χ3v) is 6.08. The van der Waals surface area contributed by atoms with Crippen LogP contribution in [0.15, 0.2) is 60.7 Å². The fraction of sp³-hybridized carbons (Fsp3) is 0.222. The number of fused-ring (bicyclic) bond motifs is 2. The summed E-state index contributed by atoms with van der Waals surface area (Å²) < 4.78 is 5.06. The van der Waals surface area contributed by atoms with Crippen LogP contribution in [0.25, 0.3) is 21.5 Å². The molecule has 0 fully saturated rings. The van der Waals surface area contributed by atoms with Crippen molar-refractivity contribution in [1.29, 1.82) is 0 Å². The summed E-state index contributed by atoms with van der Waals surface area (Å²) in [4.78, 5) is 22.6. The fourth-order valence-electron chi connectivity index (χ4n) is 4.34. The zero-order valence-electron chi connectivity index (χ0n) is 18.3. The van der Waals surface area contributed by atoms with Crippen molar-refractivity contribution >= 4 is 27.5 Å². The molecule has 0 aliphatic heterocycles. The average Bonchev–Trinajstić information content (AvgIpc) is 2.80. The third kappa shape index (κ3) is 3.92. The molecule has 4 heteroatoms. The number of esters is 1. The van der Waals surface area contributed by atoms with E-state index in [1.807, 2.05) is 37.3 Å². The van der Waals surface area contributed by atoms with Crippen LogP contribution in [0.1, 0.15) is 38.2 Å². The molecule has 0 atom stereocenters. The summed E-state index contributed by atoms with van der Waals surface area (Å²) in [6.07, 6.45) is 0.699. The molecule has 0 N–H and O–H groups in total. The van der Waals surface area contributed by atoms with Gasteiger partial charge in [0.1, 0.15) is 6.61 Å². The normalized spacial score (nSPS) is 11.2. The first-order chi connectivity index (χ1) is 15.0. The van der Waals surface area contributed by atoms with Gasteiger partial charge in [-0.05, 0) is 81.8 Å². The summed E-state index contributed by atoms with van der Waals surface area (Å²) in [7, 11) is 2.94. The van der Waals surface area contributed by atoms with Crippen molar-refractivity contribution in [3.63, 3.8) is 0 Å². The maximum Gasteiger partial charge on any atom is 0.338 e. The van der Waals surface area contributed by atoms with Gasteiger partial charge >= 0.3 is 5.97 Å². The molecule has 0 spiro atoms. The van der Waals surface area contributed by atoms with Gasteiger partial charge in [-0.1, -0.05) is 48.5 Å². The number of carbonyl (C=O) groups is 1. The number of hydrogen-bond donors (Lipinski definition) is 0. The highest BCUT2D eigenvalue weighted by atomic mass is 17.2. The lowest BCUT2D eigenvalue weighted by atomic mass is 9.86. The highest BCUT2D eigenvalue weighted by Gasteiger charge is 2.19. The van der Waals surface area contributed by atoms with Crippen LogP contribution in [0.5, 0.6) is 0 Å². The molecule has 4 rings (SSSR count). The molecule has 0 aliphatic rings. The van der Waals surface area contributed by atoms with Gasteiger partial charge in [-0.3, -0.25) is 0 Å². The lowest BCUT2D eigenvalue weighted by molar-refractivity contribution is -0.282. The SMILES string of the molecule is COOCc1cc2ccccc2c(Cc2c(C)c(C(=O)OC)cc3ccccc23)c1C. The molecular weight excluding hydrogens is 388 g/mol. The molecule has 0 unspecified atom stereocenters. The summed E-state index contributed by atoms with van der Waals surface area (Å²) in [5.74, 6) is -0.312. The smallest absolute Gasteiger partial charge is 0.338 e. The molecule has 31 heavy (non-hydrogen) atoms. The fourth-order valence-corrected chi connectivity index (χ4v) is 4.34. The number of benzene rings is 4. The molecular formula is C27H26O4. The molecule has 0 amide bonds. The van der Waals surface area contributed by atoms with Crippen molar-refractivity contribution in [1.82, 2.24) is 0 Å². The van der Waals surface area contributed by atoms with E-state index >= 15 is 0 Å². The van der Waals surface area contributed by atoms with Crippen molar-refractivity contribution in [2.24, 2.45) is 0 Å². The van der Waals surface area contributed by atoms with Gasteiger partial charge < -0.3 is 4.74 Å². The van der Waals surface area contributed by atoms with E-state index in [9.17, 15) is 4.79 Å². The predicted octanol–water partition coefficient (Wildman–Crippen LogP) is 6.07. The number of ether oxygens (including phenoxy) is 1. The van der Waals surface area contributed by atoms with Crippen molar-refractivity contribution in [3.05, 3.63) is 94.0 Å². The first-order valence-electron chi connectivity index (χ1n) is 10.3. The third-order valence-electron chi connectivity index (χ3n) is 6.08. The monoisotopic (exact) mass is 414 g/mol. The Hall–Kier alpha value is -3.21. The predicted molar refractivity (Wildman–Crippen MR) is 123 cm³/mol. The highest BCUT2D eigenvalue weighted by Crippen LogP contribution is 2.33. The Labute approximate surface area is 182 Å². The maximum atomic E-state index is 12.5. The molecule has 4 aromatic carbocycles. The average molecular weight is 415 g/mol. The number of methoxy groups -OCH3 is 1. The lowest BCUT2D eigenvalue weighted by Gasteiger charge is -2.19. The maximum absolute atomic E-state index is 12.5. The molecule has 0 aliphatic carbocycles. The molecule has 0 aromatic heterocycles. The van der Waals surface area contributed by atoms with E-state index in [-0.39, 0.29) is 5.97 Å². The van der Waals surface area contributed by atoms with E-state index in [4.69, 9.17) is 14.5 Å². The van der Waals surface area contributed by atoms with Gasteiger partial charge in [0.2, 0.25) is 0 Å². The Kier molecular flexibility index (Phi) is 6.03. The van der Waals surface area contributed by atoms with Crippen LogP contribution < -0.4 is 0 Å². The van der Waals surface area contributed by atoms with E-state index in [1.54, 1.807) is 0 Å². The highest BCUT2D eigenvalue weighted by molar-refractivity contribution is 5.99. The molecule has 0 saturated carbocycles. The van der Waals surface area contributed by atoms with Crippen molar-refractivity contribution < 1.29 is 19.3 Å². The van der Waals surface area contributed by atoms with Crippen molar-refractivity contribution in [2.75, 3.05) is 14.2 Å². The van der Waals surface area contributed by atoms with Crippen molar-refractivity contribution in [3.8, 4) is 0 Å². The van der Waals surface area contributed by atoms with Gasteiger partial charge in [0.05, 0.1) is 19.8 Å². The second kappa shape index (κ2) is 8.88. The summed E-state index contributed by atoms with van der Waals surface area (Å²) in [5, 5.41) is 4.54. The Morgan fingerprint density at radius 2 is 1.39 bits per heavy atom. The van der Waals surface area contributed by atoms with E-state index < -0.39 is 0 Å². The minimum atomic E-state index is -0.312. The van der Waals surface area contributed by atoms with Gasteiger partial charge in [0, 0.05) is 0 Å². The second-order valence-corrected chi connectivity index (χ2v) is 7.71. The quantitative estimate of drug-likeness (QED) is 0.218. The summed E-state index contributed by atoms with van der Waals surface area (Å²) in [6.45, 7) is 4.50. The number of hydrogen-bond acceptors (Lipinski definition) is 4. The lowest BCUT2D eigenvalue weighted by Crippen LogP contribution is -2.08. The van der Waals surface area contributed by atoms with Gasteiger partial charge in [-0.25, -0.2) is 14.6 Å². The molecule has 0 bridgehead atoms. The zero-order valence-corrected chi connectivity index (χ0v) is 18.3. The van der Waals surface area contributed by atoms with Crippen LogP contribution in [0.2, 0.25) is 0 Å². The Morgan fingerprint density at radius 3 is 2.00 bits per heavy atom. The van der Waals surface area contributed by atoms with Crippen molar-refractivity contribution in [2.45, 2.75) is 26.9 Å². The van der Waals surface area contributed by atoms with E-state index in [2.05, 4.69) is 37.3 Å². The van der Waals surface area contributed by atoms with Crippen LogP contribution >= 0.6 is 0 Å². The Bertz CT molecular complexity index is 1270. The topological polar surface area (TPSA) is 44.8 Å². The van der Waals surface area contributed by atoms with Gasteiger partial charge in [0.15, 0.2) is 0 Å². The molecule has 158 valence electrons. The largest absolute Gasteiger partial charge is 0.465 e. The van der Waals surface area contributed by atoms with E-state index in [0.717, 1.165) is 32.8 Å². The Balaban J connectivity index is 1.96. The molecule has 0 saturated heterocycles. The minimum Gasteiger partial charge on any atom is -0.465 e. The van der Waals surface area contributed by atoms with Crippen LogP contribution in [-0.2, 0) is 27.5 Å². The summed E-state index contributed by atoms with van der Waals surface area (Å²) >= 11 is 0. The minimum absolute atomic E-state index is 0.312. The van der Waals surface area contributed by atoms with Crippen LogP contribution in [-0.4, -0.2) is 20.2 Å². The van der Waals surface area contributed by atoms with Gasteiger partial charge in [-0.2, -0.15) is 0 Å². The Morgan fingerprint density at radius 1 is 0.806 bits per heavy atom. The van der Waals surface area contributed by atoms with E-state index in [0.29, 0.717) is 18.6 Å². The van der Waals surface area contributed by atoms with E-state index in [1.165, 1.54) is 30.7 Å². The van der Waals surface area contributed by atoms with Gasteiger partial charge in [0.25, 0.3) is 0 Å². The van der Waals surface area contributed by atoms with Crippen LogP contribution in [0, 0.1) is 13.8 Å². The molecule has 4 aromatic rings. The molecule has 0 heterocycles. The first-order valence-corrected chi connectivity index (χ1v) is 10.3. The zero-order chi connectivity index (χ0) is 22.0. The summed E-state index contributed by atoms with van der Waals surface area (Å²) in [6, 6.07) is 20.6. The standard InChI is InChI=1S/C27H26O4/c1-17-21(16-31-30-4)13-19-9-5-7-11-22(19)24(17)15-25-18(2)26(27(28)29-3)14-20-10-6-8-12-23(20)25/h5-14H,15-16H2,1-4H3. The second-order valence-electron chi connectivity index (χ2n) is 7.71. The molecule has 0 radical (unpaired) electrons. The van der Waals surface area contributed by atoms with Crippen LogP contribution in [0.3, 0.4) is 0 Å². The van der Waals surface area contributed by atoms with Gasteiger partial charge in [-0.15, -0.1) is 0 Å².